The molecule has 0 radical (unpaired) electrons. The van der Waals surface area contributed by atoms with Gasteiger partial charge in [0.2, 0.25) is 6.43 Å². The quantitative estimate of drug-likeness (QED) is 0.829. The highest BCUT2D eigenvalue weighted by Crippen LogP contribution is 2.37. The summed E-state index contributed by atoms with van der Waals surface area (Å²) in [4.78, 5) is 26.0. The number of ether oxygens (including phenoxy) is 2. The molecule has 2 saturated heterocycles. The van der Waals surface area contributed by atoms with Crippen LogP contribution < -0.4 is 0 Å². The molecule has 1 amide bonds. The van der Waals surface area contributed by atoms with E-state index in [0.29, 0.717) is 12.8 Å². The van der Waals surface area contributed by atoms with Crippen LogP contribution in [0.1, 0.15) is 40.0 Å². The lowest BCUT2D eigenvalue weighted by Crippen LogP contribution is -2.48. The van der Waals surface area contributed by atoms with Crippen molar-refractivity contribution < 1.29 is 33.0 Å². The Labute approximate surface area is 146 Å². The summed E-state index contributed by atoms with van der Waals surface area (Å²) in [5.41, 5.74) is -0.729. The first-order valence-electron chi connectivity index (χ1n) is 8.65. The van der Waals surface area contributed by atoms with E-state index in [0.717, 1.165) is 0 Å². The van der Waals surface area contributed by atoms with Crippen molar-refractivity contribution in [2.45, 2.75) is 64.2 Å². The molecule has 2 fully saturated rings. The molecule has 4 atom stereocenters. The predicted molar refractivity (Wildman–Crippen MR) is 85.4 cm³/mol. The van der Waals surface area contributed by atoms with Crippen LogP contribution in [0.25, 0.3) is 0 Å². The van der Waals surface area contributed by atoms with Gasteiger partial charge in [-0.3, -0.25) is 9.69 Å². The number of ketones is 1. The van der Waals surface area contributed by atoms with Crippen molar-refractivity contribution in [2.24, 2.45) is 11.8 Å². The number of alkyl halides is 2. The number of nitrogens with zero attached hydrogens (tertiary/aromatic N) is 1. The Balaban J connectivity index is 2.18. The first-order chi connectivity index (χ1) is 11.6. The van der Waals surface area contributed by atoms with Crippen LogP contribution in [0.3, 0.4) is 0 Å². The van der Waals surface area contributed by atoms with Gasteiger partial charge in [-0.2, -0.15) is 0 Å². The van der Waals surface area contributed by atoms with Gasteiger partial charge in [0.1, 0.15) is 18.2 Å². The molecule has 1 N–H and O–H groups in total. The zero-order valence-electron chi connectivity index (χ0n) is 14.9. The van der Waals surface area contributed by atoms with Crippen molar-refractivity contribution in [3.8, 4) is 0 Å². The molecule has 144 valence electrons. The number of halogens is 2. The number of carbonyl (C=O) groups is 2. The fraction of sp³-hybridized carbons (Fsp3) is 0.882. The second-order valence-corrected chi connectivity index (χ2v) is 7.81. The molecule has 0 spiro atoms. The lowest BCUT2D eigenvalue weighted by atomic mass is 9.88. The molecule has 0 aromatic rings. The molecule has 2 aliphatic rings. The average molecular weight is 363 g/mol. The van der Waals surface area contributed by atoms with Gasteiger partial charge in [0.05, 0.1) is 6.10 Å². The molecular weight excluding hydrogens is 336 g/mol. The zero-order chi connectivity index (χ0) is 18.8. The molecule has 2 aliphatic heterocycles. The fourth-order valence-electron chi connectivity index (χ4n) is 3.68. The lowest BCUT2D eigenvalue weighted by molar-refractivity contribution is -0.130. The molecule has 0 saturated carbocycles. The smallest absolute Gasteiger partial charge is 0.411 e. The second-order valence-electron chi connectivity index (χ2n) is 7.81. The van der Waals surface area contributed by atoms with Crippen molar-refractivity contribution in [2.75, 3.05) is 19.8 Å². The number of Topliss-reactive ketones (excluding diaryl/α,β-unsaturated/α-hetero) is 1. The minimum Gasteiger partial charge on any atom is -0.444 e. The van der Waals surface area contributed by atoms with Gasteiger partial charge >= 0.3 is 6.09 Å². The van der Waals surface area contributed by atoms with Crippen molar-refractivity contribution in [1.29, 1.82) is 0 Å². The van der Waals surface area contributed by atoms with E-state index in [1.54, 1.807) is 20.8 Å². The molecule has 0 bridgehead atoms. The first kappa shape index (κ1) is 20.0. The highest BCUT2D eigenvalue weighted by molar-refractivity contribution is 5.89. The predicted octanol–water partition coefficient (Wildman–Crippen LogP) is 2.23. The van der Waals surface area contributed by atoms with E-state index in [1.807, 2.05) is 0 Å². The van der Waals surface area contributed by atoms with Crippen LogP contribution in [0.4, 0.5) is 13.6 Å². The maximum atomic E-state index is 12.7. The van der Waals surface area contributed by atoms with Crippen LogP contribution in [0.2, 0.25) is 0 Å². The van der Waals surface area contributed by atoms with Crippen LogP contribution in [-0.4, -0.2) is 65.8 Å². The highest BCUT2D eigenvalue weighted by atomic mass is 19.3. The zero-order valence-corrected chi connectivity index (χ0v) is 14.9. The summed E-state index contributed by atoms with van der Waals surface area (Å²) >= 11 is 0. The number of carbonyl (C=O) groups excluding carboxylic acids is 2. The summed E-state index contributed by atoms with van der Waals surface area (Å²) in [7, 11) is 0. The van der Waals surface area contributed by atoms with Crippen LogP contribution >= 0.6 is 0 Å². The summed E-state index contributed by atoms with van der Waals surface area (Å²) in [6, 6.07) is -0.935. The number of hydrogen-bond donors (Lipinski definition) is 1. The van der Waals surface area contributed by atoms with Gasteiger partial charge in [-0.05, 0) is 39.5 Å². The monoisotopic (exact) mass is 363 g/mol. The van der Waals surface area contributed by atoms with Gasteiger partial charge in [-0.1, -0.05) is 0 Å². The maximum absolute atomic E-state index is 12.7. The first-order valence-corrected chi connectivity index (χ1v) is 8.65. The van der Waals surface area contributed by atoms with E-state index in [1.165, 1.54) is 4.90 Å². The van der Waals surface area contributed by atoms with Crippen LogP contribution in [-0.2, 0) is 14.3 Å². The standard InChI is InChI=1S/C17H27F2NO5/c1-17(2,3)25-16(23)20-8-11-6-10(7-13(18)19)4-5-24-15(11)14(20)12(22)9-21/h10-11,13-15,21H,4-9H2,1-3H3/t10-,11+,14-,15-/m1/s1. The van der Waals surface area contributed by atoms with Gasteiger partial charge in [-0.25, -0.2) is 13.6 Å². The Morgan fingerprint density at radius 3 is 2.60 bits per heavy atom. The minimum atomic E-state index is -2.39. The van der Waals surface area contributed by atoms with Crippen LogP contribution in [0.15, 0.2) is 0 Å². The van der Waals surface area contributed by atoms with E-state index >= 15 is 0 Å². The van der Waals surface area contributed by atoms with Gasteiger partial charge in [0.25, 0.3) is 0 Å². The van der Waals surface area contributed by atoms with E-state index in [4.69, 9.17) is 9.47 Å². The Hall–Kier alpha value is -1.28. The molecule has 2 heterocycles. The van der Waals surface area contributed by atoms with Gasteiger partial charge in [-0.15, -0.1) is 0 Å². The molecular formula is C17H27F2NO5. The van der Waals surface area contributed by atoms with Gasteiger partial charge < -0.3 is 14.6 Å². The van der Waals surface area contributed by atoms with Crippen LogP contribution in [0.5, 0.6) is 0 Å². The van der Waals surface area contributed by atoms with E-state index in [-0.39, 0.29) is 31.4 Å². The van der Waals surface area contributed by atoms with E-state index < -0.39 is 42.7 Å². The van der Waals surface area contributed by atoms with Crippen LogP contribution in [0, 0.1) is 11.8 Å². The SMILES string of the molecule is CC(C)(C)OC(=O)N1C[C@@H]2C[C@H](CC(F)F)CCO[C@H]2[C@H]1C(=O)CO. The summed E-state index contributed by atoms with van der Waals surface area (Å²) in [5.74, 6) is -0.955. The summed E-state index contributed by atoms with van der Waals surface area (Å²) in [5, 5.41) is 9.28. The van der Waals surface area contributed by atoms with Crippen molar-refractivity contribution in [3.05, 3.63) is 0 Å². The topological polar surface area (TPSA) is 76.1 Å². The van der Waals surface area contributed by atoms with Crippen molar-refractivity contribution in [1.82, 2.24) is 4.90 Å². The number of aliphatic hydroxyl groups is 1. The number of rotatable bonds is 4. The number of aliphatic hydroxyl groups excluding tert-OH is 1. The third-order valence-electron chi connectivity index (χ3n) is 4.64. The third kappa shape index (κ3) is 5.10. The summed E-state index contributed by atoms with van der Waals surface area (Å²) < 4.78 is 36.6. The van der Waals surface area contributed by atoms with Gasteiger partial charge in [0, 0.05) is 25.5 Å². The Morgan fingerprint density at radius 2 is 2.04 bits per heavy atom. The van der Waals surface area contributed by atoms with E-state index in [2.05, 4.69) is 0 Å². The molecule has 0 aromatic heterocycles. The summed E-state index contributed by atoms with van der Waals surface area (Å²) in [6.07, 6.45) is -2.87. The lowest BCUT2D eigenvalue weighted by Gasteiger charge is -2.29. The Kier molecular flexibility index (Phi) is 6.37. The molecule has 2 rings (SSSR count). The Morgan fingerprint density at radius 1 is 1.36 bits per heavy atom. The highest BCUT2D eigenvalue weighted by Gasteiger charge is 2.50. The van der Waals surface area contributed by atoms with Gasteiger partial charge in [0.15, 0.2) is 5.78 Å². The fourth-order valence-corrected chi connectivity index (χ4v) is 3.68. The Bertz CT molecular complexity index is 494. The number of hydrogen-bond acceptors (Lipinski definition) is 5. The number of amides is 1. The molecule has 0 aliphatic carbocycles. The largest absolute Gasteiger partial charge is 0.444 e. The van der Waals surface area contributed by atoms with Crippen molar-refractivity contribution >= 4 is 11.9 Å². The molecule has 8 heteroatoms. The number of fused-ring (bicyclic) bond motifs is 1. The van der Waals surface area contributed by atoms with E-state index in [9.17, 15) is 23.5 Å². The molecule has 0 unspecified atom stereocenters. The molecule has 25 heavy (non-hydrogen) atoms. The average Bonchev–Trinajstić information content (AvgIpc) is 2.72. The second kappa shape index (κ2) is 7.95. The normalized spacial score (nSPS) is 30.1. The van der Waals surface area contributed by atoms with Crippen molar-refractivity contribution in [3.63, 3.8) is 0 Å². The minimum absolute atomic E-state index is 0.204. The number of likely N-dealkylation sites (tertiary alicyclic amines) is 1. The molecule has 6 nitrogen and oxygen atoms in total. The molecule has 0 aromatic carbocycles. The maximum Gasteiger partial charge on any atom is 0.411 e. The third-order valence-corrected chi connectivity index (χ3v) is 4.64. The summed E-state index contributed by atoms with van der Waals surface area (Å²) in [6.45, 7) is 4.91.